The number of nitrogens with one attached hydrogen (secondary N) is 1. The molecule has 3 fully saturated rings. The van der Waals surface area contributed by atoms with Gasteiger partial charge in [-0.25, -0.2) is 9.18 Å². The molecule has 0 radical (unpaired) electrons. The fraction of sp³-hybridized carbons (Fsp3) is 0.432. The Labute approximate surface area is 300 Å². The number of piperidine rings is 1. The minimum atomic E-state index is -0.577. The number of hydrogen-bond donors (Lipinski definition) is 1. The first-order valence-electron chi connectivity index (χ1n) is 17.3. The Balaban J connectivity index is 1.03. The number of halogens is 2. The van der Waals surface area contributed by atoms with Gasteiger partial charge >= 0.3 is 12.1 Å². The number of aryl methyl sites for hydroxylation is 1. The SMILES string of the molecule is Cc1nnc(-c2cc(Cl)ccc2F)cc1Nc1ccnc2cc(OC(=O)N3CCN(CCC4CCN(C)CC4)C(C(=O)OC4COC4)C3)ccc12. The molecule has 0 aliphatic carbocycles. The zero-order valence-corrected chi connectivity index (χ0v) is 29.4. The number of pyridine rings is 1. The summed E-state index contributed by atoms with van der Waals surface area (Å²) in [7, 11) is 2.15. The van der Waals surface area contributed by atoms with Crippen molar-refractivity contribution in [3.05, 3.63) is 71.3 Å². The molecule has 5 heterocycles. The van der Waals surface area contributed by atoms with Gasteiger partial charge in [0.25, 0.3) is 0 Å². The second kappa shape index (κ2) is 15.4. The van der Waals surface area contributed by atoms with Crippen molar-refractivity contribution in [1.29, 1.82) is 0 Å². The van der Waals surface area contributed by atoms with Crippen LogP contribution in [0.5, 0.6) is 5.75 Å². The van der Waals surface area contributed by atoms with Gasteiger partial charge < -0.3 is 29.3 Å². The number of carbonyl (C=O) groups is 2. The van der Waals surface area contributed by atoms with Gasteiger partial charge in [-0.1, -0.05) is 11.6 Å². The van der Waals surface area contributed by atoms with Crippen molar-refractivity contribution in [2.75, 3.05) is 64.8 Å². The van der Waals surface area contributed by atoms with E-state index in [9.17, 15) is 14.0 Å². The van der Waals surface area contributed by atoms with Crippen LogP contribution in [0.1, 0.15) is 25.0 Å². The number of hydrogen-bond acceptors (Lipinski definition) is 11. The van der Waals surface area contributed by atoms with Gasteiger partial charge in [-0.2, -0.15) is 10.2 Å². The molecule has 0 bridgehead atoms. The molecule has 2 aromatic carbocycles. The largest absolute Gasteiger partial charge is 0.456 e. The molecule has 0 saturated carbocycles. The van der Waals surface area contributed by atoms with E-state index in [-0.39, 0.29) is 24.2 Å². The topological polar surface area (TPSA) is 122 Å². The van der Waals surface area contributed by atoms with Crippen LogP contribution in [0.25, 0.3) is 22.2 Å². The van der Waals surface area contributed by atoms with Crippen LogP contribution in [-0.4, -0.2) is 114 Å². The van der Waals surface area contributed by atoms with Gasteiger partial charge in [0.05, 0.1) is 42.4 Å². The average molecular weight is 718 g/mol. The first-order valence-corrected chi connectivity index (χ1v) is 17.7. The maximum absolute atomic E-state index is 14.6. The van der Waals surface area contributed by atoms with Crippen LogP contribution in [0.15, 0.2) is 54.7 Å². The first kappa shape index (κ1) is 35.0. The molecule has 3 aliphatic heterocycles. The van der Waals surface area contributed by atoms with Crippen molar-refractivity contribution in [3.63, 3.8) is 0 Å². The summed E-state index contributed by atoms with van der Waals surface area (Å²) in [5.41, 5.74) is 3.14. The van der Waals surface area contributed by atoms with Gasteiger partial charge in [-0.15, -0.1) is 0 Å². The summed E-state index contributed by atoms with van der Waals surface area (Å²) in [6.07, 6.45) is 4.18. The molecule has 3 aliphatic rings. The van der Waals surface area contributed by atoms with E-state index in [1.54, 1.807) is 36.2 Å². The predicted molar refractivity (Wildman–Crippen MR) is 191 cm³/mol. The lowest BCUT2D eigenvalue weighted by Crippen LogP contribution is -2.59. The lowest BCUT2D eigenvalue weighted by atomic mass is 9.93. The van der Waals surface area contributed by atoms with Crippen molar-refractivity contribution in [3.8, 4) is 17.0 Å². The monoisotopic (exact) mass is 717 g/mol. The lowest BCUT2D eigenvalue weighted by molar-refractivity contribution is -0.179. The van der Waals surface area contributed by atoms with Gasteiger partial charge in [-0.3, -0.25) is 14.7 Å². The quantitative estimate of drug-likeness (QED) is 0.215. The van der Waals surface area contributed by atoms with Crippen molar-refractivity contribution >= 4 is 45.9 Å². The van der Waals surface area contributed by atoms with E-state index in [2.05, 4.69) is 37.3 Å². The number of esters is 1. The van der Waals surface area contributed by atoms with E-state index < -0.39 is 18.0 Å². The Hall–Kier alpha value is -4.43. The van der Waals surface area contributed by atoms with Crippen LogP contribution < -0.4 is 10.1 Å². The van der Waals surface area contributed by atoms with Crippen LogP contribution in [-0.2, 0) is 14.3 Å². The van der Waals surface area contributed by atoms with E-state index in [0.29, 0.717) is 65.6 Å². The molecular formula is C37H41ClFN7O5. The van der Waals surface area contributed by atoms with Crippen molar-refractivity contribution in [2.45, 2.75) is 38.3 Å². The molecule has 12 nitrogen and oxygen atoms in total. The van der Waals surface area contributed by atoms with Crippen molar-refractivity contribution < 1.29 is 28.2 Å². The summed E-state index contributed by atoms with van der Waals surface area (Å²) in [6.45, 7) is 6.72. The van der Waals surface area contributed by atoms with Crippen LogP contribution in [0, 0.1) is 18.7 Å². The summed E-state index contributed by atoms with van der Waals surface area (Å²) in [5.74, 6) is 0.167. The normalized spacial score (nSPS) is 19.1. The molecule has 1 atom stereocenters. The molecule has 51 heavy (non-hydrogen) atoms. The number of ether oxygens (including phenoxy) is 3. The molecular weight excluding hydrogens is 677 g/mol. The smallest absolute Gasteiger partial charge is 0.415 e. The van der Waals surface area contributed by atoms with Crippen LogP contribution in [0.3, 0.4) is 0 Å². The van der Waals surface area contributed by atoms with Gasteiger partial charge in [0.1, 0.15) is 23.7 Å². The maximum Gasteiger partial charge on any atom is 0.415 e. The standard InChI is InChI=1S/C37H41ClFN7O5/c1-23-32(19-34(43-42-23)29-17-25(38)3-6-30(29)39)41-31-7-11-40-33-18-26(4-5-28(31)33)51-37(48)46-16-15-45(14-10-24-8-12-44(2)13-9-24)35(20-46)36(47)50-27-21-49-22-27/h3-7,11,17-19,24,27,35H,8-10,12-16,20-22H2,1-2H3,(H,40,41,43). The summed E-state index contributed by atoms with van der Waals surface area (Å²) in [6, 6.07) is 12.5. The Bertz CT molecular complexity index is 1900. The third-order valence-corrected chi connectivity index (χ3v) is 10.2. The second-order valence-electron chi connectivity index (χ2n) is 13.5. The molecule has 4 aromatic rings. The van der Waals surface area contributed by atoms with E-state index in [1.165, 1.54) is 18.2 Å². The number of piperazine rings is 1. The number of likely N-dealkylation sites (tertiary alicyclic amines) is 1. The number of amides is 1. The number of rotatable bonds is 9. The highest BCUT2D eigenvalue weighted by atomic mass is 35.5. The Morgan fingerprint density at radius 1 is 1.02 bits per heavy atom. The highest BCUT2D eigenvalue weighted by Gasteiger charge is 2.38. The van der Waals surface area contributed by atoms with E-state index in [1.807, 2.05) is 12.1 Å². The fourth-order valence-electron chi connectivity index (χ4n) is 6.72. The van der Waals surface area contributed by atoms with Crippen LogP contribution >= 0.6 is 11.6 Å². The summed E-state index contributed by atoms with van der Waals surface area (Å²) >= 11 is 6.11. The number of benzene rings is 2. The van der Waals surface area contributed by atoms with Crippen LogP contribution in [0.2, 0.25) is 5.02 Å². The second-order valence-corrected chi connectivity index (χ2v) is 13.9. The highest BCUT2D eigenvalue weighted by Crippen LogP contribution is 2.32. The van der Waals surface area contributed by atoms with E-state index in [0.717, 1.165) is 50.0 Å². The summed E-state index contributed by atoms with van der Waals surface area (Å²) in [4.78, 5) is 37.4. The third-order valence-electron chi connectivity index (χ3n) is 9.95. The zero-order valence-electron chi connectivity index (χ0n) is 28.7. The predicted octanol–water partition coefficient (Wildman–Crippen LogP) is 5.70. The third kappa shape index (κ3) is 8.22. The lowest BCUT2D eigenvalue weighted by Gasteiger charge is -2.41. The van der Waals surface area contributed by atoms with Crippen molar-refractivity contribution in [2.24, 2.45) is 5.92 Å². The molecule has 7 rings (SSSR count). The Kier molecular flexibility index (Phi) is 10.6. The van der Waals surface area contributed by atoms with Crippen LogP contribution in [0.4, 0.5) is 20.6 Å². The molecule has 3 saturated heterocycles. The minimum absolute atomic E-state index is 0.180. The molecule has 1 unspecified atom stereocenters. The molecule has 268 valence electrons. The van der Waals surface area contributed by atoms with Gasteiger partial charge in [0.2, 0.25) is 0 Å². The number of carbonyl (C=O) groups excluding carboxylic acids is 2. The summed E-state index contributed by atoms with van der Waals surface area (Å²) in [5, 5.41) is 12.9. The zero-order chi connectivity index (χ0) is 35.5. The van der Waals surface area contributed by atoms with Gasteiger partial charge in [0.15, 0.2) is 0 Å². The molecule has 0 spiro atoms. The Morgan fingerprint density at radius 2 is 1.84 bits per heavy atom. The van der Waals surface area contributed by atoms with E-state index in [4.69, 9.17) is 25.8 Å². The fourth-order valence-corrected chi connectivity index (χ4v) is 6.89. The number of anilines is 2. The number of nitrogens with zero attached hydrogens (tertiary/aromatic N) is 6. The number of fused-ring (bicyclic) bond motifs is 1. The number of aromatic nitrogens is 3. The summed E-state index contributed by atoms with van der Waals surface area (Å²) < 4.78 is 31.3. The first-order chi connectivity index (χ1) is 24.7. The van der Waals surface area contributed by atoms with Crippen molar-refractivity contribution in [1.82, 2.24) is 29.9 Å². The van der Waals surface area contributed by atoms with Gasteiger partial charge in [0, 0.05) is 47.0 Å². The molecule has 2 aromatic heterocycles. The van der Waals surface area contributed by atoms with Gasteiger partial charge in [-0.05, 0) is 101 Å². The maximum atomic E-state index is 14.6. The molecule has 1 N–H and O–H groups in total. The Morgan fingerprint density at radius 3 is 2.63 bits per heavy atom. The molecule has 1 amide bonds. The highest BCUT2D eigenvalue weighted by molar-refractivity contribution is 6.30. The minimum Gasteiger partial charge on any atom is -0.456 e. The molecule has 14 heteroatoms. The van der Waals surface area contributed by atoms with E-state index >= 15 is 0 Å². The average Bonchev–Trinajstić information content (AvgIpc) is 3.11.